The van der Waals surface area contributed by atoms with Gasteiger partial charge in [-0.15, -0.1) is 0 Å². The van der Waals surface area contributed by atoms with Gasteiger partial charge >= 0.3 is 5.97 Å². The number of aromatic nitrogens is 2. The fraction of sp³-hybridized carbons (Fsp3) is 0.150. The molecule has 0 fully saturated rings. The smallest absolute Gasteiger partial charge is 0.316 e. The number of benzene rings is 2. The lowest BCUT2D eigenvalue weighted by molar-refractivity contribution is -0.139. The summed E-state index contributed by atoms with van der Waals surface area (Å²) in [6.45, 7) is 0.705. The van der Waals surface area contributed by atoms with Crippen molar-refractivity contribution in [2.24, 2.45) is 0 Å². The number of para-hydroxylation sites is 2. The monoisotopic (exact) mass is 413 g/mol. The average molecular weight is 413 g/mol. The van der Waals surface area contributed by atoms with E-state index >= 15 is 0 Å². The summed E-state index contributed by atoms with van der Waals surface area (Å²) >= 11 is 1.13. The van der Waals surface area contributed by atoms with E-state index in [1.165, 1.54) is 19.1 Å². The largest absolute Gasteiger partial charge is 0.457 e. The number of carbonyl (C=O) groups is 3. The highest BCUT2D eigenvalue weighted by molar-refractivity contribution is 7.99. The van der Waals surface area contributed by atoms with Gasteiger partial charge < -0.3 is 10.1 Å². The molecule has 1 amide bonds. The van der Waals surface area contributed by atoms with Crippen molar-refractivity contribution in [2.75, 3.05) is 17.7 Å². The maximum absolute atomic E-state index is 14.0. The van der Waals surface area contributed by atoms with Gasteiger partial charge in [-0.05, 0) is 30.3 Å². The fourth-order valence-electron chi connectivity index (χ4n) is 2.43. The third-order valence-corrected chi connectivity index (χ3v) is 4.59. The number of ether oxygens (including phenoxy) is 1. The van der Waals surface area contributed by atoms with E-state index in [1.807, 2.05) is 24.3 Å². The van der Waals surface area contributed by atoms with Crippen LogP contribution >= 0.6 is 11.8 Å². The van der Waals surface area contributed by atoms with Crippen LogP contribution in [0.1, 0.15) is 17.3 Å². The number of Topliss-reactive ketones (excluding diaryl/α,β-unsaturated/α-hetero) is 1. The second-order valence-electron chi connectivity index (χ2n) is 5.95. The van der Waals surface area contributed by atoms with Crippen molar-refractivity contribution in [1.82, 2.24) is 9.97 Å². The van der Waals surface area contributed by atoms with Gasteiger partial charge in [0.2, 0.25) is 11.7 Å². The molecule has 0 spiro atoms. The van der Waals surface area contributed by atoms with Gasteiger partial charge in [0.15, 0.2) is 6.61 Å². The number of fused-ring (bicyclic) bond motifs is 1. The van der Waals surface area contributed by atoms with Crippen molar-refractivity contribution < 1.29 is 23.5 Å². The number of rotatable bonds is 7. The Morgan fingerprint density at radius 1 is 1.14 bits per heavy atom. The summed E-state index contributed by atoms with van der Waals surface area (Å²) in [5.74, 6) is -2.54. The molecule has 0 atom stereocenters. The van der Waals surface area contributed by atoms with E-state index in [9.17, 15) is 18.8 Å². The van der Waals surface area contributed by atoms with Gasteiger partial charge in [0.1, 0.15) is 10.8 Å². The second-order valence-corrected chi connectivity index (χ2v) is 6.94. The van der Waals surface area contributed by atoms with Crippen LogP contribution in [-0.2, 0) is 14.3 Å². The van der Waals surface area contributed by atoms with Crippen LogP contribution in [-0.4, -0.2) is 40.0 Å². The molecule has 7 nitrogen and oxygen atoms in total. The van der Waals surface area contributed by atoms with E-state index in [4.69, 9.17) is 4.74 Å². The minimum absolute atomic E-state index is 0.0652. The number of esters is 1. The first-order valence-electron chi connectivity index (χ1n) is 8.53. The predicted octanol–water partition coefficient (Wildman–Crippen LogP) is 3.25. The topological polar surface area (TPSA) is 98.2 Å². The number of amides is 1. The van der Waals surface area contributed by atoms with Gasteiger partial charge in [-0.2, -0.15) is 0 Å². The molecule has 0 aliphatic carbocycles. The fourth-order valence-corrected chi connectivity index (χ4v) is 3.07. The van der Waals surface area contributed by atoms with E-state index in [0.717, 1.165) is 23.3 Å². The first-order valence-corrected chi connectivity index (χ1v) is 9.51. The second kappa shape index (κ2) is 9.24. The molecule has 1 N–H and O–H groups in total. The van der Waals surface area contributed by atoms with Crippen LogP contribution in [0.5, 0.6) is 0 Å². The zero-order valence-electron chi connectivity index (χ0n) is 15.3. The highest BCUT2D eigenvalue weighted by Gasteiger charge is 2.15. The maximum atomic E-state index is 14.0. The van der Waals surface area contributed by atoms with Gasteiger partial charge in [-0.3, -0.25) is 19.4 Å². The molecule has 3 rings (SSSR count). The van der Waals surface area contributed by atoms with Crippen LogP contribution in [0.3, 0.4) is 0 Å². The molecule has 0 radical (unpaired) electrons. The standard InChI is InChI=1S/C20H16FN3O4S/c1-12(25)23-13-6-7-14(15(21)8-13)18(26)10-28-20(27)11-29-19-9-22-16-4-2-3-5-17(16)24-19/h2-9H,10-11H2,1H3,(H,23,25). The molecule has 0 saturated heterocycles. The van der Waals surface area contributed by atoms with Crippen molar-refractivity contribution in [3.8, 4) is 0 Å². The highest BCUT2D eigenvalue weighted by Crippen LogP contribution is 2.18. The summed E-state index contributed by atoms with van der Waals surface area (Å²) in [7, 11) is 0. The molecule has 0 saturated carbocycles. The number of thioether (sulfide) groups is 1. The molecule has 1 aromatic heterocycles. The molecule has 2 aromatic carbocycles. The maximum Gasteiger partial charge on any atom is 0.316 e. The van der Waals surface area contributed by atoms with Crippen LogP contribution in [0, 0.1) is 5.82 Å². The molecule has 148 valence electrons. The third-order valence-electron chi connectivity index (χ3n) is 3.72. The molecular formula is C20H16FN3O4S. The van der Waals surface area contributed by atoms with Gasteiger partial charge in [-0.1, -0.05) is 23.9 Å². The molecule has 0 aliphatic heterocycles. The summed E-state index contributed by atoms with van der Waals surface area (Å²) in [5.41, 5.74) is 1.46. The zero-order valence-corrected chi connectivity index (χ0v) is 16.2. The number of carbonyl (C=O) groups excluding carboxylic acids is 3. The lowest BCUT2D eigenvalue weighted by Gasteiger charge is -2.07. The van der Waals surface area contributed by atoms with E-state index in [-0.39, 0.29) is 22.9 Å². The van der Waals surface area contributed by atoms with E-state index in [0.29, 0.717) is 10.5 Å². The van der Waals surface area contributed by atoms with Gasteiger partial charge in [0, 0.05) is 12.6 Å². The van der Waals surface area contributed by atoms with Gasteiger partial charge in [0.05, 0.1) is 28.5 Å². The Labute approximate surface area is 169 Å². The van der Waals surface area contributed by atoms with Crippen molar-refractivity contribution in [3.63, 3.8) is 0 Å². The number of anilines is 1. The first-order chi connectivity index (χ1) is 13.9. The lowest BCUT2D eigenvalue weighted by atomic mass is 10.1. The van der Waals surface area contributed by atoms with E-state index in [2.05, 4.69) is 15.3 Å². The number of hydrogen-bond acceptors (Lipinski definition) is 7. The van der Waals surface area contributed by atoms with Crippen molar-refractivity contribution in [2.45, 2.75) is 11.9 Å². The normalized spacial score (nSPS) is 10.6. The number of nitrogens with zero attached hydrogens (tertiary/aromatic N) is 2. The molecule has 0 unspecified atom stereocenters. The number of halogens is 1. The van der Waals surface area contributed by atoms with Crippen LogP contribution < -0.4 is 5.32 Å². The SMILES string of the molecule is CC(=O)Nc1ccc(C(=O)COC(=O)CSc2cnc3ccccc3n2)c(F)c1. The van der Waals surface area contributed by atoms with Crippen LogP contribution in [0.25, 0.3) is 11.0 Å². The molecular weight excluding hydrogens is 397 g/mol. The minimum Gasteiger partial charge on any atom is -0.457 e. The predicted molar refractivity (Wildman–Crippen MR) is 106 cm³/mol. The number of nitrogens with one attached hydrogen (secondary N) is 1. The molecule has 9 heteroatoms. The minimum atomic E-state index is -0.807. The zero-order chi connectivity index (χ0) is 20.8. The quantitative estimate of drug-likeness (QED) is 0.361. The number of ketones is 1. The molecule has 0 aliphatic rings. The molecule has 1 heterocycles. The summed E-state index contributed by atoms with van der Waals surface area (Å²) in [6, 6.07) is 11.0. The van der Waals surface area contributed by atoms with E-state index < -0.39 is 24.2 Å². The Kier molecular flexibility index (Phi) is 6.50. The highest BCUT2D eigenvalue weighted by atomic mass is 32.2. The Balaban J connectivity index is 1.52. The Hall–Kier alpha value is -3.33. The lowest BCUT2D eigenvalue weighted by Crippen LogP contribution is -2.17. The van der Waals surface area contributed by atoms with Crippen molar-refractivity contribution in [1.29, 1.82) is 0 Å². The van der Waals surface area contributed by atoms with E-state index in [1.54, 1.807) is 6.20 Å². The van der Waals surface area contributed by atoms with Crippen LogP contribution in [0.15, 0.2) is 53.7 Å². The Morgan fingerprint density at radius 2 is 1.90 bits per heavy atom. The first kappa shape index (κ1) is 20.4. The summed E-state index contributed by atoms with van der Waals surface area (Å²) < 4.78 is 19.0. The van der Waals surface area contributed by atoms with Crippen molar-refractivity contribution >= 4 is 46.1 Å². The van der Waals surface area contributed by atoms with Gasteiger partial charge in [-0.25, -0.2) is 9.37 Å². The average Bonchev–Trinajstić information content (AvgIpc) is 2.70. The Bertz CT molecular complexity index is 1090. The molecule has 0 bridgehead atoms. The summed E-state index contributed by atoms with van der Waals surface area (Å²) in [6.07, 6.45) is 1.55. The summed E-state index contributed by atoms with van der Waals surface area (Å²) in [4.78, 5) is 43.6. The Morgan fingerprint density at radius 3 is 2.62 bits per heavy atom. The van der Waals surface area contributed by atoms with Crippen molar-refractivity contribution in [3.05, 3.63) is 60.0 Å². The molecule has 3 aromatic rings. The van der Waals surface area contributed by atoms with Crippen LogP contribution in [0.4, 0.5) is 10.1 Å². The molecule has 29 heavy (non-hydrogen) atoms. The van der Waals surface area contributed by atoms with Gasteiger partial charge in [0.25, 0.3) is 0 Å². The van der Waals surface area contributed by atoms with Crippen LogP contribution in [0.2, 0.25) is 0 Å². The number of hydrogen-bond donors (Lipinski definition) is 1. The third kappa shape index (κ3) is 5.58. The summed E-state index contributed by atoms with van der Waals surface area (Å²) in [5, 5.41) is 2.96.